The molecule has 0 saturated carbocycles. The number of amides is 1. The summed E-state index contributed by atoms with van der Waals surface area (Å²) in [5.41, 5.74) is 3.00. The topological polar surface area (TPSA) is 102 Å². The number of nitrogens with zero attached hydrogens (tertiary/aromatic N) is 4. The van der Waals surface area contributed by atoms with Crippen LogP contribution in [0.3, 0.4) is 0 Å². The average Bonchev–Trinajstić information content (AvgIpc) is 3.27. The second-order valence-electron chi connectivity index (χ2n) is 8.19. The Hall–Kier alpha value is -3.10. The molecule has 8 nitrogen and oxygen atoms in total. The third kappa shape index (κ3) is 6.21. The standard InChI is InChI=1S/C24H29N5O3/c30-17-23-22(26-24(31)14-19-7-4-11-25-15-19)9-8-21(32-23)10-12-29-16-20(27-28-29)13-18-5-2-1-3-6-18/h1-7,11,15-16,21-23,30H,8-10,12-14,17H2,(H,26,31)/t21-,22-,23+/m1/s1. The molecule has 2 aromatic heterocycles. The fourth-order valence-corrected chi connectivity index (χ4v) is 4.07. The highest BCUT2D eigenvalue weighted by Gasteiger charge is 2.31. The van der Waals surface area contributed by atoms with Gasteiger partial charge in [0.15, 0.2) is 0 Å². The molecular formula is C24H29N5O3. The Balaban J connectivity index is 1.23. The number of aliphatic hydroxyl groups is 1. The van der Waals surface area contributed by atoms with Gasteiger partial charge in [0, 0.05) is 31.6 Å². The van der Waals surface area contributed by atoms with Crippen molar-refractivity contribution in [1.82, 2.24) is 25.3 Å². The number of benzene rings is 1. The average molecular weight is 436 g/mol. The van der Waals surface area contributed by atoms with E-state index in [0.717, 1.165) is 36.9 Å². The lowest BCUT2D eigenvalue weighted by Gasteiger charge is -2.36. The first-order valence-electron chi connectivity index (χ1n) is 11.1. The van der Waals surface area contributed by atoms with Crippen molar-refractivity contribution < 1.29 is 14.6 Å². The molecule has 0 bridgehead atoms. The Morgan fingerprint density at radius 1 is 1.16 bits per heavy atom. The molecular weight excluding hydrogens is 406 g/mol. The minimum Gasteiger partial charge on any atom is -0.394 e. The van der Waals surface area contributed by atoms with Crippen LogP contribution in [0.1, 0.15) is 36.1 Å². The maximum atomic E-state index is 12.4. The summed E-state index contributed by atoms with van der Waals surface area (Å²) < 4.78 is 7.93. The molecule has 8 heteroatoms. The minimum absolute atomic E-state index is 0.0143. The van der Waals surface area contributed by atoms with Gasteiger partial charge in [0.2, 0.25) is 5.91 Å². The lowest BCUT2D eigenvalue weighted by Crippen LogP contribution is -2.51. The van der Waals surface area contributed by atoms with E-state index in [4.69, 9.17) is 4.74 Å². The molecule has 4 rings (SSSR count). The fourth-order valence-electron chi connectivity index (χ4n) is 4.07. The number of nitrogens with one attached hydrogen (secondary N) is 1. The number of carbonyl (C=O) groups is 1. The van der Waals surface area contributed by atoms with Crippen LogP contribution in [0.25, 0.3) is 0 Å². The van der Waals surface area contributed by atoms with Gasteiger partial charge in [-0.05, 0) is 36.5 Å². The van der Waals surface area contributed by atoms with Crippen LogP contribution in [0.5, 0.6) is 0 Å². The number of aliphatic hydroxyl groups excluding tert-OH is 1. The lowest BCUT2D eigenvalue weighted by molar-refractivity contribution is -0.128. The van der Waals surface area contributed by atoms with Gasteiger partial charge in [-0.25, -0.2) is 0 Å². The Labute approximate surface area is 187 Å². The van der Waals surface area contributed by atoms with Crippen molar-refractivity contribution in [3.63, 3.8) is 0 Å². The molecule has 0 aliphatic carbocycles. The van der Waals surface area contributed by atoms with Crippen molar-refractivity contribution in [2.75, 3.05) is 6.61 Å². The number of hydrogen-bond donors (Lipinski definition) is 2. The van der Waals surface area contributed by atoms with Crippen LogP contribution in [-0.4, -0.2) is 55.8 Å². The Kier molecular flexibility index (Phi) is 7.58. The molecule has 32 heavy (non-hydrogen) atoms. The highest BCUT2D eigenvalue weighted by molar-refractivity contribution is 5.78. The molecule has 0 unspecified atom stereocenters. The van der Waals surface area contributed by atoms with Crippen molar-refractivity contribution in [3.8, 4) is 0 Å². The van der Waals surface area contributed by atoms with E-state index in [0.29, 0.717) is 6.54 Å². The molecule has 1 aromatic carbocycles. The highest BCUT2D eigenvalue weighted by Crippen LogP contribution is 2.22. The van der Waals surface area contributed by atoms with Gasteiger partial charge >= 0.3 is 0 Å². The first-order chi connectivity index (χ1) is 15.7. The van der Waals surface area contributed by atoms with Gasteiger partial charge in [0.1, 0.15) is 6.10 Å². The summed E-state index contributed by atoms with van der Waals surface area (Å²) in [5.74, 6) is -0.0861. The predicted molar refractivity (Wildman–Crippen MR) is 119 cm³/mol. The van der Waals surface area contributed by atoms with E-state index in [-0.39, 0.29) is 31.1 Å². The van der Waals surface area contributed by atoms with Gasteiger partial charge in [0.25, 0.3) is 0 Å². The van der Waals surface area contributed by atoms with Gasteiger partial charge in [-0.2, -0.15) is 0 Å². The Bertz CT molecular complexity index is 980. The zero-order valence-corrected chi connectivity index (χ0v) is 18.0. The van der Waals surface area contributed by atoms with Crippen LogP contribution in [0.15, 0.2) is 61.1 Å². The van der Waals surface area contributed by atoms with E-state index < -0.39 is 6.10 Å². The second-order valence-corrected chi connectivity index (χ2v) is 8.19. The van der Waals surface area contributed by atoms with Gasteiger partial charge in [0.05, 0.1) is 30.9 Å². The number of rotatable bonds is 9. The van der Waals surface area contributed by atoms with E-state index >= 15 is 0 Å². The summed E-state index contributed by atoms with van der Waals surface area (Å²) in [6, 6.07) is 13.7. The van der Waals surface area contributed by atoms with Gasteiger partial charge < -0.3 is 15.2 Å². The zero-order valence-electron chi connectivity index (χ0n) is 18.0. The van der Waals surface area contributed by atoms with Crippen LogP contribution < -0.4 is 5.32 Å². The smallest absolute Gasteiger partial charge is 0.224 e. The zero-order chi connectivity index (χ0) is 22.2. The predicted octanol–water partition coefficient (Wildman–Crippen LogP) is 1.92. The summed E-state index contributed by atoms with van der Waals surface area (Å²) in [6.45, 7) is 0.571. The molecule has 0 radical (unpaired) electrons. The number of pyridine rings is 1. The van der Waals surface area contributed by atoms with Crippen molar-refractivity contribution in [3.05, 3.63) is 77.9 Å². The van der Waals surface area contributed by atoms with Gasteiger partial charge in [-0.15, -0.1) is 5.10 Å². The molecule has 2 N–H and O–H groups in total. The molecule has 1 aliphatic rings. The highest BCUT2D eigenvalue weighted by atomic mass is 16.5. The van der Waals surface area contributed by atoms with E-state index in [1.54, 1.807) is 12.4 Å². The van der Waals surface area contributed by atoms with Crippen LogP contribution in [0.2, 0.25) is 0 Å². The monoisotopic (exact) mass is 435 g/mol. The Morgan fingerprint density at radius 3 is 2.78 bits per heavy atom. The number of ether oxygens (including phenoxy) is 1. The first kappa shape index (κ1) is 22.1. The van der Waals surface area contributed by atoms with E-state index in [1.807, 2.05) is 41.2 Å². The van der Waals surface area contributed by atoms with E-state index in [9.17, 15) is 9.90 Å². The number of hydrogen-bond acceptors (Lipinski definition) is 6. The number of aryl methyl sites for hydroxylation is 1. The SMILES string of the molecule is O=C(Cc1cccnc1)N[C@@H]1CC[C@H](CCn2cc(Cc3ccccc3)nn2)O[C@H]1CO. The van der Waals surface area contributed by atoms with Crippen LogP contribution in [0.4, 0.5) is 0 Å². The maximum Gasteiger partial charge on any atom is 0.224 e. The summed E-state index contributed by atoms with van der Waals surface area (Å²) in [4.78, 5) is 16.4. The van der Waals surface area contributed by atoms with Crippen molar-refractivity contribution in [2.45, 2.75) is 56.9 Å². The molecule has 3 aromatic rings. The van der Waals surface area contributed by atoms with Crippen molar-refractivity contribution in [2.24, 2.45) is 0 Å². The maximum absolute atomic E-state index is 12.4. The third-order valence-corrected chi connectivity index (χ3v) is 5.72. The molecule has 1 amide bonds. The minimum atomic E-state index is -0.406. The summed E-state index contributed by atoms with van der Waals surface area (Å²) in [6.07, 6.45) is 8.34. The molecule has 1 saturated heterocycles. The lowest BCUT2D eigenvalue weighted by atomic mass is 9.97. The largest absolute Gasteiger partial charge is 0.394 e. The third-order valence-electron chi connectivity index (χ3n) is 5.72. The van der Waals surface area contributed by atoms with Crippen LogP contribution in [0, 0.1) is 0 Å². The van der Waals surface area contributed by atoms with Gasteiger partial charge in [-0.3, -0.25) is 14.5 Å². The normalized spacial score (nSPS) is 20.7. The Morgan fingerprint density at radius 2 is 2.00 bits per heavy atom. The fraction of sp³-hybridized carbons (Fsp3) is 0.417. The molecule has 1 fully saturated rings. The second kappa shape index (κ2) is 11.0. The molecule has 1 aliphatic heterocycles. The molecule has 168 valence electrons. The van der Waals surface area contributed by atoms with E-state index in [1.165, 1.54) is 5.56 Å². The van der Waals surface area contributed by atoms with Crippen molar-refractivity contribution in [1.29, 1.82) is 0 Å². The first-order valence-corrected chi connectivity index (χ1v) is 11.1. The van der Waals surface area contributed by atoms with Crippen molar-refractivity contribution >= 4 is 5.91 Å². The molecule has 3 heterocycles. The van der Waals surface area contributed by atoms with Crippen LogP contribution >= 0.6 is 0 Å². The number of aromatic nitrogens is 4. The summed E-state index contributed by atoms with van der Waals surface area (Å²) in [7, 11) is 0. The number of carbonyl (C=O) groups excluding carboxylic acids is 1. The molecule has 3 atom stereocenters. The van der Waals surface area contributed by atoms with Crippen LogP contribution in [-0.2, 0) is 28.9 Å². The molecule has 0 spiro atoms. The summed E-state index contributed by atoms with van der Waals surface area (Å²) in [5, 5.41) is 21.3. The quantitative estimate of drug-likeness (QED) is 0.532. The summed E-state index contributed by atoms with van der Waals surface area (Å²) >= 11 is 0. The van der Waals surface area contributed by atoms with E-state index in [2.05, 4.69) is 32.7 Å². The van der Waals surface area contributed by atoms with Gasteiger partial charge in [-0.1, -0.05) is 41.6 Å².